The molecule has 40 nitrogen and oxygen atoms in total. The van der Waals surface area contributed by atoms with Crippen LogP contribution in [0.4, 0.5) is 0 Å². The molecule has 0 bridgehead atoms. The first-order valence-electron chi connectivity index (χ1n) is 34.9. The monoisotopic (exact) mass is 1470 g/mol. The molecule has 5 N–H and O–H groups in total. The fourth-order valence-corrected chi connectivity index (χ4v) is 12.0. The Morgan fingerprint density at radius 2 is 0.447 bits per heavy atom. The largest absolute Gasteiger partial charge is 0.549 e. The Kier molecular flexibility index (Phi) is 45.0. The maximum Gasteiger partial charge on any atom is 0.320 e. The third-order valence-electron chi connectivity index (χ3n) is 17.6. The van der Waals surface area contributed by atoms with Gasteiger partial charge in [0, 0.05) is 236 Å². The molecule has 0 aromatic carbocycles. The molecule has 0 spiro atoms. The maximum atomic E-state index is 13.6. The first-order valence-corrected chi connectivity index (χ1v) is 34.9. The fourth-order valence-electron chi connectivity index (χ4n) is 12.0. The first-order chi connectivity index (χ1) is 49.0. The zero-order valence-electron chi connectivity index (χ0n) is 59.0. The molecule has 1 unspecified atom stereocenters. The molecule has 3 heterocycles. The van der Waals surface area contributed by atoms with E-state index in [-0.39, 0.29) is 221 Å². The lowest BCUT2D eigenvalue weighted by Crippen LogP contribution is -2.52. The van der Waals surface area contributed by atoms with Gasteiger partial charge in [0.2, 0.25) is 17.7 Å². The summed E-state index contributed by atoms with van der Waals surface area (Å²) in [6.45, 7) is 0.978. The quantitative estimate of drug-likeness (QED) is 0.0354. The Morgan fingerprint density at radius 1 is 0.262 bits per heavy atom. The summed E-state index contributed by atoms with van der Waals surface area (Å²) in [5.74, 6) is -14.5. The number of rotatable bonds is 43. The number of aliphatic carboxylic acids is 10. The van der Waals surface area contributed by atoms with Crippen LogP contribution in [-0.4, -0.2) is 434 Å². The molecule has 3 aliphatic rings. The van der Waals surface area contributed by atoms with Crippen LogP contribution in [0.25, 0.3) is 0 Å². The minimum atomic E-state index is -1.36. The highest BCUT2D eigenvalue weighted by Crippen LogP contribution is 2.09. The van der Waals surface area contributed by atoms with E-state index < -0.39 is 131 Å². The molecule has 0 aliphatic carbocycles. The lowest BCUT2D eigenvalue weighted by Gasteiger charge is -2.34. The van der Waals surface area contributed by atoms with Gasteiger partial charge in [0.05, 0.1) is 73.4 Å². The molecular weight excluding hydrogens is 1360 g/mol. The number of carbonyl (C=O) groups is 13. The number of hydrogen-bond acceptors (Lipinski definition) is 36. The predicted octanol–water partition coefficient (Wildman–Crippen LogP) is -19.6. The normalized spacial score (nSPS) is 18.7. The number of carboxylic acids is 10. The summed E-state index contributed by atoms with van der Waals surface area (Å²) in [5, 5.41) is 126. The standard InChI is InChI=1S/C63H113N17O23/c81-51(38-69-14-20-72(41-54(84)85)26-32-78(47-60(96)97)33-27-73(21-15-69)42-55(86)87)65-8-3-7-64-50(63(102)103)6-1-2-11-68(12-4-9-66-52(82)39-70-16-22-74(43-56(88)89)28-34-79(48-61(98)99)35-29-75(23-17-70)44-57(90)91)13-5-10-67-53(83)40-71-18-24-76(45-58(92)93)30-36-80(49-62(100)101)37-31-77(25-19-71)46-59(94)95/h50,64H,1-49H2,(H,65,81)(H,66,82)(H,67,83)(H,84,85)(H,86,87)(H,88,89)(H,90,91)(H,92,93)(H,94,95)(H,96,97)(H,98,99)(H,100,101)(H,102,103)/p-9. The fraction of sp³-hybridized carbons (Fsp3) is 0.794. The highest BCUT2D eigenvalue weighted by Gasteiger charge is 2.24. The summed E-state index contributed by atoms with van der Waals surface area (Å²) in [5.41, 5.74) is 0. The SMILES string of the molecule is O=C([O-])CN1CCN(CC(=O)[O-])CCN(CC(=O)NCCCNC(CCCCN(CCCNC(=O)CN2CCN(CC(=O)[O-])CCN(CC(=O)[O-])CCN(CC(=O)[O-])CC2)CCCNC(=O)CN2CCN(CC(=O)[O-])CCN(CC(=O)[O-])CCN(CC(=O)[O-])CC2)C(=O)O)CCN(CC(=O)[O-])CC1. The van der Waals surface area contributed by atoms with Crippen molar-refractivity contribution in [1.82, 2.24) is 85.0 Å². The van der Waals surface area contributed by atoms with E-state index in [0.717, 1.165) is 0 Å². The van der Waals surface area contributed by atoms with Gasteiger partial charge in [-0.05, 0) is 58.3 Å². The van der Waals surface area contributed by atoms with Crippen LogP contribution in [0.3, 0.4) is 0 Å². The molecular formula is C63H104N17O23-9. The van der Waals surface area contributed by atoms with Crippen LogP contribution in [0.15, 0.2) is 0 Å². The van der Waals surface area contributed by atoms with Gasteiger partial charge in [-0.1, -0.05) is 6.42 Å². The van der Waals surface area contributed by atoms with E-state index in [2.05, 4.69) is 26.2 Å². The Balaban J connectivity index is 1.67. The zero-order valence-corrected chi connectivity index (χ0v) is 59.0. The Hall–Kier alpha value is -7.45. The molecule has 588 valence electrons. The van der Waals surface area contributed by atoms with E-state index in [4.69, 9.17) is 0 Å². The lowest BCUT2D eigenvalue weighted by molar-refractivity contribution is -0.308. The van der Waals surface area contributed by atoms with Crippen LogP contribution < -0.4 is 67.2 Å². The highest BCUT2D eigenvalue weighted by molar-refractivity contribution is 5.79. The molecule has 3 fully saturated rings. The van der Waals surface area contributed by atoms with Crippen molar-refractivity contribution >= 4 is 77.4 Å². The minimum absolute atomic E-state index is 0.120. The summed E-state index contributed by atoms with van der Waals surface area (Å²) in [6.07, 6.45) is 2.38. The van der Waals surface area contributed by atoms with Crippen molar-refractivity contribution in [2.24, 2.45) is 0 Å². The van der Waals surface area contributed by atoms with Crippen LogP contribution in [0, 0.1) is 0 Å². The summed E-state index contributed by atoms with van der Waals surface area (Å²) in [6, 6.07) is -0.965. The molecule has 0 radical (unpaired) electrons. The van der Waals surface area contributed by atoms with Crippen molar-refractivity contribution in [1.29, 1.82) is 0 Å². The van der Waals surface area contributed by atoms with E-state index in [9.17, 15) is 113 Å². The molecule has 3 saturated heterocycles. The summed E-state index contributed by atoms with van der Waals surface area (Å²) < 4.78 is 0. The summed E-state index contributed by atoms with van der Waals surface area (Å²) >= 11 is 0. The van der Waals surface area contributed by atoms with Gasteiger partial charge in [-0.2, -0.15) is 0 Å². The zero-order chi connectivity index (χ0) is 76.1. The van der Waals surface area contributed by atoms with Crippen molar-refractivity contribution in [3.63, 3.8) is 0 Å². The number of nitrogens with zero attached hydrogens (tertiary/aromatic N) is 13. The number of hydrogen-bond donors (Lipinski definition) is 5. The summed E-state index contributed by atoms with van der Waals surface area (Å²) in [4.78, 5) is 178. The topological polar surface area (TPSA) is 540 Å². The van der Waals surface area contributed by atoms with Gasteiger partial charge >= 0.3 is 5.97 Å². The van der Waals surface area contributed by atoms with E-state index in [1.54, 1.807) is 44.1 Å². The molecule has 0 aromatic heterocycles. The van der Waals surface area contributed by atoms with Gasteiger partial charge in [-0.25, -0.2) is 0 Å². The van der Waals surface area contributed by atoms with Gasteiger partial charge in [0.1, 0.15) is 6.04 Å². The van der Waals surface area contributed by atoms with E-state index >= 15 is 0 Å². The van der Waals surface area contributed by atoms with Gasteiger partial charge in [-0.3, -0.25) is 78.0 Å². The van der Waals surface area contributed by atoms with Crippen molar-refractivity contribution in [3.05, 3.63) is 0 Å². The average molecular weight is 1470 g/mol. The van der Waals surface area contributed by atoms with Crippen LogP contribution in [0.2, 0.25) is 0 Å². The van der Waals surface area contributed by atoms with Crippen molar-refractivity contribution in [2.75, 3.05) is 281 Å². The van der Waals surface area contributed by atoms with Crippen molar-refractivity contribution < 1.29 is 113 Å². The van der Waals surface area contributed by atoms with E-state index in [1.807, 2.05) is 0 Å². The minimum Gasteiger partial charge on any atom is -0.549 e. The Labute approximate surface area is 599 Å². The lowest BCUT2D eigenvalue weighted by atomic mass is 10.1. The van der Waals surface area contributed by atoms with E-state index in [1.165, 1.54) is 14.7 Å². The molecule has 40 heteroatoms. The number of nitrogens with one attached hydrogen (secondary N) is 4. The van der Waals surface area contributed by atoms with Crippen LogP contribution in [-0.2, 0) is 62.3 Å². The second-order valence-electron chi connectivity index (χ2n) is 26.0. The van der Waals surface area contributed by atoms with Crippen molar-refractivity contribution in [2.45, 2.75) is 44.6 Å². The molecule has 0 saturated carbocycles. The molecule has 1 atom stereocenters. The van der Waals surface area contributed by atoms with Gasteiger partial charge < -0.3 is 120 Å². The predicted molar refractivity (Wildman–Crippen MR) is 345 cm³/mol. The van der Waals surface area contributed by atoms with Crippen LogP contribution in [0.1, 0.15) is 38.5 Å². The smallest absolute Gasteiger partial charge is 0.320 e. The van der Waals surface area contributed by atoms with Gasteiger partial charge in [0.25, 0.3) is 0 Å². The molecule has 0 aromatic rings. The van der Waals surface area contributed by atoms with Crippen molar-refractivity contribution in [3.8, 4) is 0 Å². The first kappa shape index (κ1) is 89.8. The average Bonchev–Trinajstić information content (AvgIpc) is 0.930. The molecule has 3 amide bonds. The van der Waals surface area contributed by atoms with Crippen LogP contribution >= 0.6 is 0 Å². The molecule has 3 rings (SSSR count). The number of carboxylic acid groups (broad SMARTS) is 10. The third-order valence-corrected chi connectivity index (χ3v) is 17.6. The second-order valence-corrected chi connectivity index (χ2v) is 26.0. The molecule has 3 aliphatic heterocycles. The van der Waals surface area contributed by atoms with Crippen LogP contribution in [0.5, 0.6) is 0 Å². The number of unbranched alkanes of at least 4 members (excludes halogenated alkanes) is 1. The third kappa shape index (κ3) is 45.4. The second kappa shape index (κ2) is 51.7. The van der Waals surface area contributed by atoms with Gasteiger partial charge in [-0.15, -0.1) is 0 Å². The Morgan fingerprint density at radius 3 is 0.641 bits per heavy atom. The highest BCUT2D eigenvalue weighted by atomic mass is 16.4. The maximum absolute atomic E-state index is 13.6. The number of amides is 3. The Bertz CT molecular complexity index is 2460. The number of carbonyl (C=O) groups excluding carboxylic acids is 12. The summed E-state index contributed by atoms with van der Waals surface area (Å²) in [7, 11) is 0. The molecule has 103 heavy (non-hydrogen) atoms. The van der Waals surface area contributed by atoms with E-state index in [0.29, 0.717) is 51.7 Å². The van der Waals surface area contributed by atoms with Gasteiger partial charge in [0.15, 0.2) is 0 Å².